The molecule has 0 amide bonds. The molecule has 0 aromatic heterocycles. The number of anilines is 1. The second-order valence-electron chi connectivity index (χ2n) is 3.73. The predicted molar refractivity (Wildman–Crippen MR) is 67.2 cm³/mol. The highest BCUT2D eigenvalue weighted by molar-refractivity contribution is 6.14. The van der Waals surface area contributed by atoms with Crippen molar-refractivity contribution in [3.63, 3.8) is 0 Å². The van der Waals surface area contributed by atoms with Crippen LogP contribution in [-0.2, 0) is 0 Å². The summed E-state index contributed by atoms with van der Waals surface area (Å²) in [6, 6.07) is 10.6. The first-order chi connectivity index (χ1) is 8.65. The average Bonchev–Trinajstić information content (AvgIpc) is 2.38. The van der Waals surface area contributed by atoms with E-state index in [-0.39, 0.29) is 16.8 Å². The molecule has 2 aromatic rings. The van der Waals surface area contributed by atoms with Crippen molar-refractivity contribution in [2.24, 2.45) is 0 Å². The molecule has 0 aliphatic rings. The quantitative estimate of drug-likeness (QED) is 0.668. The lowest BCUT2D eigenvalue weighted by molar-refractivity contribution is 0.103. The number of nitrogen functional groups attached to an aromatic ring is 1. The van der Waals surface area contributed by atoms with Crippen LogP contribution in [0.15, 0.2) is 42.5 Å². The van der Waals surface area contributed by atoms with Gasteiger partial charge in [0.25, 0.3) is 0 Å². The van der Waals surface area contributed by atoms with Gasteiger partial charge in [0.2, 0.25) is 5.78 Å². The fourth-order valence-corrected chi connectivity index (χ4v) is 1.74. The third-order valence-electron chi connectivity index (χ3n) is 2.62. The minimum atomic E-state index is -0.576. The molecular weight excluding hydrogens is 233 g/mol. The lowest BCUT2D eigenvalue weighted by Crippen LogP contribution is -2.09. The number of carbonyl (C=O) groups is 1. The Kier molecular flexibility index (Phi) is 3.28. The fourth-order valence-electron chi connectivity index (χ4n) is 1.74. The molecule has 2 rings (SSSR count). The van der Waals surface area contributed by atoms with Crippen LogP contribution < -0.4 is 10.5 Å². The van der Waals surface area contributed by atoms with Gasteiger partial charge < -0.3 is 10.5 Å². The summed E-state index contributed by atoms with van der Waals surface area (Å²) in [6.07, 6.45) is 0. The molecule has 0 saturated carbocycles. The second kappa shape index (κ2) is 4.87. The molecule has 0 heterocycles. The van der Waals surface area contributed by atoms with Crippen molar-refractivity contribution in [1.29, 1.82) is 0 Å². The molecule has 0 unspecified atom stereocenters. The summed E-state index contributed by atoms with van der Waals surface area (Å²) in [6.45, 7) is 0. The maximum absolute atomic E-state index is 13.6. The monoisotopic (exact) mass is 245 g/mol. The van der Waals surface area contributed by atoms with E-state index in [2.05, 4.69) is 0 Å². The fraction of sp³-hybridized carbons (Fsp3) is 0.0714. The van der Waals surface area contributed by atoms with E-state index in [4.69, 9.17) is 10.5 Å². The summed E-state index contributed by atoms with van der Waals surface area (Å²) < 4.78 is 18.7. The number of ketones is 1. The third-order valence-corrected chi connectivity index (χ3v) is 2.62. The van der Waals surface area contributed by atoms with Crippen molar-refractivity contribution in [2.75, 3.05) is 12.8 Å². The number of hydrogen-bond donors (Lipinski definition) is 1. The van der Waals surface area contributed by atoms with Crippen LogP contribution in [0.5, 0.6) is 5.75 Å². The molecule has 0 bridgehead atoms. The number of carbonyl (C=O) groups excluding carboxylic acids is 1. The highest BCUT2D eigenvalue weighted by Gasteiger charge is 2.19. The number of benzene rings is 2. The lowest BCUT2D eigenvalue weighted by atomic mass is 10.0. The number of methoxy groups -OCH3 is 1. The normalized spacial score (nSPS) is 10.1. The summed E-state index contributed by atoms with van der Waals surface area (Å²) in [4.78, 5) is 12.3. The molecule has 0 radical (unpaired) electrons. The molecule has 18 heavy (non-hydrogen) atoms. The molecule has 2 N–H and O–H groups in total. The first-order valence-electron chi connectivity index (χ1n) is 5.37. The van der Waals surface area contributed by atoms with E-state index < -0.39 is 11.6 Å². The van der Waals surface area contributed by atoms with Gasteiger partial charge in [-0.3, -0.25) is 4.79 Å². The highest BCUT2D eigenvalue weighted by atomic mass is 19.1. The number of hydrogen-bond acceptors (Lipinski definition) is 3. The van der Waals surface area contributed by atoms with Crippen LogP contribution in [0.1, 0.15) is 15.9 Å². The van der Waals surface area contributed by atoms with Gasteiger partial charge in [-0.25, -0.2) is 4.39 Å². The SMILES string of the molecule is COc1cccc(N)c1C(=O)c1ccccc1F. The van der Waals surface area contributed by atoms with Crippen molar-refractivity contribution in [3.8, 4) is 5.75 Å². The van der Waals surface area contributed by atoms with Gasteiger partial charge in [-0.1, -0.05) is 18.2 Å². The van der Waals surface area contributed by atoms with Crippen LogP contribution in [0, 0.1) is 5.82 Å². The van der Waals surface area contributed by atoms with E-state index in [0.717, 1.165) is 0 Å². The first-order valence-corrected chi connectivity index (χ1v) is 5.37. The number of rotatable bonds is 3. The minimum absolute atomic E-state index is 0.0197. The van der Waals surface area contributed by atoms with Crippen molar-refractivity contribution < 1.29 is 13.9 Å². The Hall–Kier alpha value is -2.36. The molecule has 2 aromatic carbocycles. The average molecular weight is 245 g/mol. The van der Waals surface area contributed by atoms with Gasteiger partial charge in [0.1, 0.15) is 11.6 Å². The van der Waals surface area contributed by atoms with E-state index in [1.807, 2.05) is 0 Å². The largest absolute Gasteiger partial charge is 0.496 e. The van der Waals surface area contributed by atoms with Crippen molar-refractivity contribution >= 4 is 11.5 Å². The Morgan fingerprint density at radius 3 is 2.56 bits per heavy atom. The third kappa shape index (κ3) is 2.05. The highest BCUT2D eigenvalue weighted by Crippen LogP contribution is 2.27. The summed E-state index contributed by atoms with van der Waals surface area (Å²) in [5, 5.41) is 0. The molecule has 92 valence electrons. The standard InChI is InChI=1S/C14H12FNO2/c1-18-12-8-4-7-11(16)13(12)14(17)9-5-2-3-6-10(9)15/h2-8H,16H2,1H3. The van der Waals surface area contributed by atoms with Crippen LogP contribution >= 0.6 is 0 Å². The first kappa shape index (κ1) is 12.1. The zero-order valence-electron chi connectivity index (χ0n) is 9.81. The van der Waals surface area contributed by atoms with Gasteiger partial charge >= 0.3 is 0 Å². The zero-order chi connectivity index (χ0) is 13.1. The Labute approximate surface area is 104 Å². The van der Waals surface area contributed by atoms with Crippen molar-refractivity contribution in [3.05, 3.63) is 59.4 Å². The van der Waals surface area contributed by atoms with Gasteiger partial charge in [0.05, 0.1) is 18.2 Å². The topological polar surface area (TPSA) is 52.3 Å². The van der Waals surface area contributed by atoms with Crippen molar-refractivity contribution in [2.45, 2.75) is 0 Å². The minimum Gasteiger partial charge on any atom is -0.496 e. The molecule has 4 heteroatoms. The zero-order valence-corrected chi connectivity index (χ0v) is 9.81. The molecule has 0 spiro atoms. The van der Waals surface area contributed by atoms with E-state index in [1.54, 1.807) is 24.3 Å². The van der Waals surface area contributed by atoms with E-state index in [1.165, 1.54) is 25.3 Å². The van der Waals surface area contributed by atoms with Crippen LogP contribution in [0.25, 0.3) is 0 Å². The molecule has 0 atom stereocenters. The number of halogens is 1. The van der Waals surface area contributed by atoms with E-state index >= 15 is 0 Å². The lowest BCUT2D eigenvalue weighted by Gasteiger charge is -2.10. The van der Waals surface area contributed by atoms with Crippen LogP contribution in [-0.4, -0.2) is 12.9 Å². The van der Waals surface area contributed by atoms with E-state index in [0.29, 0.717) is 5.75 Å². The molecule has 0 aliphatic heterocycles. The summed E-state index contributed by atoms with van der Waals surface area (Å²) in [5.74, 6) is -0.723. The van der Waals surface area contributed by atoms with E-state index in [9.17, 15) is 9.18 Å². The predicted octanol–water partition coefficient (Wildman–Crippen LogP) is 2.65. The van der Waals surface area contributed by atoms with Crippen LogP contribution in [0.4, 0.5) is 10.1 Å². The van der Waals surface area contributed by atoms with Gasteiger partial charge in [-0.15, -0.1) is 0 Å². The van der Waals surface area contributed by atoms with Gasteiger partial charge in [0.15, 0.2) is 0 Å². The van der Waals surface area contributed by atoms with Gasteiger partial charge in [0, 0.05) is 5.69 Å². The summed E-state index contributed by atoms with van der Waals surface area (Å²) >= 11 is 0. The number of nitrogens with two attached hydrogens (primary N) is 1. The Morgan fingerprint density at radius 2 is 1.89 bits per heavy atom. The molecule has 0 saturated heterocycles. The van der Waals surface area contributed by atoms with Crippen molar-refractivity contribution in [1.82, 2.24) is 0 Å². The Balaban J connectivity index is 2.56. The maximum atomic E-state index is 13.6. The van der Waals surface area contributed by atoms with Gasteiger partial charge in [-0.2, -0.15) is 0 Å². The summed E-state index contributed by atoms with van der Waals surface area (Å²) in [7, 11) is 1.44. The maximum Gasteiger partial charge on any atom is 0.201 e. The molecular formula is C14H12FNO2. The second-order valence-corrected chi connectivity index (χ2v) is 3.73. The summed E-state index contributed by atoms with van der Waals surface area (Å²) in [5.41, 5.74) is 6.19. The van der Waals surface area contributed by atoms with Gasteiger partial charge in [-0.05, 0) is 24.3 Å². The Bertz CT molecular complexity index is 596. The van der Waals surface area contributed by atoms with Crippen LogP contribution in [0.2, 0.25) is 0 Å². The Morgan fingerprint density at radius 1 is 1.17 bits per heavy atom. The molecule has 0 aliphatic carbocycles. The number of ether oxygens (including phenoxy) is 1. The molecule has 0 fully saturated rings. The van der Waals surface area contributed by atoms with Crippen LogP contribution in [0.3, 0.4) is 0 Å². The molecule has 3 nitrogen and oxygen atoms in total. The smallest absolute Gasteiger partial charge is 0.201 e.